The van der Waals surface area contributed by atoms with Gasteiger partial charge in [-0.2, -0.15) is 0 Å². The van der Waals surface area contributed by atoms with E-state index in [2.05, 4.69) is 15.5 Å². The van der Waals surface area contributed by atoms with Crippen molar-refractivity contribution in [3.8, 4) is 0 Å². The molecule has 0 unspecified atom stereocenters. The lowest BCUT2D eigenvalue weighted by Crippen LogP contribution is -3.13. The number of likely N-dealkylation sites (tertiary alicyclic amines) is 1. The van der Waals surface area contributed by atoms with Crippen LogP contribution in [0.25, 0.3) is 0 Å². The van der Waals surface area contributed by atoms with Gasteiger partial charge in [-0.3, -0.25) is 4.79 Å². The SMILES string of the molecule is CC(C)(C)n1nnnc1[C@H](c1ccc(F)cc1)[NH+]1CCC(C(N)=O)CC1. The fourth-order valence-corrected chi connectivity index (χ4v) is 3.64. The van der Waals surface area contributed by atoms with Crippen LogP contribution in [-0.2, 0) is 10.3 Å². The van der Waals surface area contributed by atoms with Gasteiger partial charge in [-0.15, -0.1) is 5.10 Å². The maximum Gasteiger partial charge on any atom is 0.220 e. The van der Waals surface area contributed by atoms with Crippen molar-refractivity contribution < 1.29 is 14.1 Å². The Bertz CT molecular complexity index is 759. The Hall–Kier alpha value is -2.35. The van der Waals surface area contributed by atoms with Crippen LogP contribution in [0.4, 0.5) is 4.39 Å². The zero-order chi connectivity index (χ0) is 18.9. The summed E-state index contributed by atoms with van der Waals surface area (Å²) >= 11 is 0. The molecule has 1 aromatic heterocycles. The highest BCUT2D eigenvalue weighted by Crippen LogP contribution is 2.23. The zero-order valence-corrected chi connectivity index (χ0v) is 15.4. The molecular weight excluding hydrogens is 335 g/mol. The topological polar surface area (TPSA) is 91.1 Å². The number of hydrogen-bond acceptors (Lipinski definition) is 4. The molecule has 1 aliphatic rings. The van der Waals surface area contributed by atoms with E-state index in [0.29, 0.717) is 0 Å². The predicted octanol–water partition coefficient (Wildman–Crippen LogP) is 0.437. The molecule has 2 heterocycles. The first-order valence-corrected chi connectivity index (χ1v) is 8.95. The molecule has 0 bridgehead atoms. The summed E-state index contributed by atoms with van der Waals surface area (Å²) in [6, 6.07) is 6.37. The Kier molecular flexibility index (Phi) is 5.04. The quantitative estimate of drug-likeness (QED) is 0.827. The first-order valence-electron chi connectivity index (χ1n) is 8.95. The van der Waals surface area contributed by atoms with E-state index >= 15 is 0 Å². The summed E-state index contributed by atoms with van der Waals surface area (Å²) in [6.45, 7) is 7.70. The normalized spacial score (nSPS) is 22.2. The third kappa shape index (κ3) is 3.75. The Morgan fingerprint density at radius 2 is 1.88 bits per heavy atom. The van der Waals surface area contributed by atoms with E-state index < -0.39 is 0 Å². The molecule has 0 radical (unpaired) electrons. The lowest BCUT2D eigenvalue weighted by atomic mass is 9.93. The molecule has 0 aliphatic carbocycles. The van der Waals surface area contributed by atoms with Gasteiger partial charge in [0.25, 0.3) is 0 Å². The minimum atomic E-state index is -0.276. The number of amides is 1. The molecule has 1 aliphatic heterocycles. The molecular formula is C18H26FN6O+. The first kappa shape index (κ1) is 18.4. The van der Waals surface area contributed by atoms with Gasteiger partial charge in [0, 0.05) is 24.3 Å². The highest BCUT2D eigenvalue weighted by molar-refractivity contribution is 5.76. The zero-order valence-electron chi connectivity index (χ0n) is 15.4. The fraction of sp³-hybridized carbons (Fsp3) is 0.556. The Labute approximate surface area is 152 Å². The second-order valence-electron chi connectivity index (χ2n) is 7.94. The predicted molar refractivity (Wildman–Crippen MR) is 93.7 cm³/mol. The van der Waals surface area contributed by atoms with Crippen LogP contribution in [0.3, 0.4) is 0 Å². The number of tetrazole rings is 1. The average Bonchev–Trinajstić information content (AvgIpc) is 3.07. The number of primary amides is 1. The molecule has 3 rings (SSSR count). The van der Waals surface area contributed by atoms with Crippen molar-refractivity contribution in [3.63, 3.8) is 0 Å². The van der Waals surface area contributed by atoms with E-state index in [1.54, 1.807) is 12.1 Å². The number of hydrogen-bond donors (Lipinski definition) is 2. The number of nitrogens with one attached hydrogen (secondary N) is 1. The largest absolute Gasteiger partial charge is 0.369 e. The van der Waals surface area contributed by atoms with Crippen LogP contribution in [0.2, 0.25) is 0 Å². The van der Waals surface area contributed by atoms with Gasteiger partial charge in [0.05, 0.1) is 18.6 Å². The van der Waals surface area contributed by atoms with Gasteiger partial charge in [-0.1, -0.05) is 0 Å². The maximum absolute atomic E-state index is 13.4. The van der Waals surface area contributed by atoms with E-state index in [0.717, 1.165) is 37.3 Å². The molecule has 1 amide bonds. The summed E-state index contributed by atoms with van der Waals surface area (Å²) < 4.78 is 15.3. The fourth-order valence-electron chi connectivity index (χ4n) is 3.64. The molecule has 140 valence electrons. The monoisotopic (exact) mass is 361 g/mol. The lowest BCUT2D eigenvalue weighted by molar-refractivity contribution is -0.931. The number of carbonyl (C=O) groups excluding carboxylic acids is 1. The molecule has 26 heavy (non-hydrogen) atoms. The van der Waals surface area contributed by atoms with Gasteiger partial charge < -0.3 is 10.6 Å². The van der Waals surface area contributed by atoms with Crippen molar-refractivity contribution >= 4 is 5.91 Å². The molecule has 1 fully saturated rings. The van der Waals surface area contributed by atoms with E-state index in [4.69, 9.17) is 5.73 Å². The molecule has 0 spiro atoms. The van der Waals surface area contributed by atoms with Gasteiger partial charge in [0.1, 0.15) is 5.82 Å². The minimum absolute atomic E-state index is 0.0776. The molecule has 0 saturated carbocycles. The summed E-state index contributed by atoms with van der Waals surface area (Å²) in [7, 11) is 0. The summed E-state index contributed by atoms with van der Waals surface area (Å²) in [4.78, 5) is 12.7. The van der Waals surface area contributed by atoms with Crippen molar-refractivity contribution in [1.82, 2.24) is 20.2 Å². The summed E-state index contributed by atoms with van der Waals surface area (Å²) in [5, 5.41) is 12.4. The summed E-state index contributed by atoms with van der Waals surface area (Å²) in [6.07, 6.45) is 1.47. The molecule has 7 nitrogen and oxygen atoms in total. The number of nitrogens with two attached hydrogens (primary N) is 1. The summed E-state index contributed by atoms with van der Waals surface area (Å²) in [5.41, 5.74) is 6.15. The van der Waals surface area contributed by atoms with E-state index in [1.165, 1.54) is 17.0 Å². The van der Waals surface area contributed by atoms with Crippen molar-refractivity contribution in [1.29, 1.82) is 0 Å². The molecule has 3 N–H and O–H groups in total. The highest BCUT2D eigenvalue weighted by atomic mass is 19.1. The van der Waals surface area contributed by atoms with Crippen LogP contribution >= 0.6 is 0 Å². The van der Waals surface area contributed by atoms with Crippen molar-refractivity contribution in [3.05, 3.63) is 41.5 Å². The molecule has 8 heteroatoms. The smallest absolute Gasteiger partial charge is 0.220 e. The number of benzene rings is 1. The molecule has 2 aromatic rings. The van der Waals surface area contributed by atoms with Crippen molar-refractivity contribution in [2.24, 2.45) is 11.7 Å². The van der Waals surface area contributed by atoms with Crippen LogP contribution in [-0.4, -0.2) is 39.2 Å². The van der Waals surface area contributed by atoms with Gasteiger partial charge >= 0.3 is 0 Å². The van der Waals surface area contributed by atoms with Gasteiger partial charge in [-0.05, 0) is 55.5 Å². The number of aromatic nitrogens is 4. The second-order valence-corrected chi connectivity index (χ2v) is 7.94. The number of nitrogens with zero attached hydrogens (tertiary/aromatic N) is 4. The highest BCUT2D eigenvalue weighted by Gasteiger charge is 2.37. The second kappa shape index (κ2) is 7.11. The number of halogens is 1. The molecule has 1 atom stereocenters. The van der Waals surface area contributed by atoms with Crippen LogP contribution in [0.15, 0.2) is 24.3 Å². The lowest BCUT2D eigenvalue weighted by Gasteiger charge is -2.34. The number of quaternary nitrogens is 1. The van der Waals surface area contributed by atoms with Gasteiger partial charge in [0.2, 0.25) is 11.7 Å². The van der Waals surface area contributed by atoms with Crippen LogP contribution in [0, 0.1) is 11.7 Å². The van der Waals surface area contributed by atoms with Crippen molar-refractivity contribution in [2.45, 2.75) is 45.2 Å². The van der Waals surface area contributed by atoms with Crippen LogP contribution in [0.5, 0.6) is 0 Å². The Balaban J connectivity index is 1.97. The van der Waals surface area contributed by atoms with E-state index in [-0.39, 0.29) is 29.2 Å². The van der Waals surface area contributed by atoms with Crippen LogP contribution < -0.4 is 10.6 Å². The Morgan fingerprint density at radius 3 is 2.42 bits per heavy atom. The summed E-state index contributed by atoms with van der Waals surface area (Å²) in [5.74, 6) is 0.162. The third-order valence-electron chi connectivity index (χ3n) is 5.03. The van der Waals surface area contributed by atoms with Gasteiger partial charge in [0.15, 0.2) is 6.04 Å². The Morgan fingerprint density at radius 1 is 1.27 bits per heavy atom. The standard InChI is InChI=1S/C18H25FN6O/c1-18(2,3)25-17(21-22-23-25)15(12-4-6-14(19)7-5-12)24-10-8-13(9-11-24)16(20)26/h4-7,13,15H,8-11H2,1-3H3,(H2,20,26)/p+1/t15-/m0/s1. The maximum atomic E-state index is 13.4. The van der Waals surface area contributed by atoms with Gasteiger partial charge in [-0.25, -0.2) is 9.07 Å². The first-order chi connectivity index (χ1) is 12.3. The molecule has 1 aromatic carbocycles. The average molecular weight is 361 g/mol. The molecule has 1 saturated heterocycles. The van der Waals surface area contributed by atoms with E-state index in [9.17, 15) is 9.18 Å². The number of rotatable bonds is 4. The van der Waals surface area contributed by atoms with Crippen LogP contribution in [0.1, 0.15) is 51.0 Å². The van der Waals surface area contributed by atoms with Crippen molar-refractivity contribution in [2.75, 3.05) is 13.1 Å². The minimum Gasteiger partial charge on any atom is -0.369 e. The van der Waals surface area contributed by atoms with E-state index in [1.807, 2.05) is 25.5 Å². The third-order valence-corrected chi connectivity index (χ3v) is 5.03. The number of carbonyl (C=O) groups is 1. The number of piperidine rings is 1.